The van der Waals surface area contributed by atoms with Gasteiger partial charge < -0.3 is 9.47 Å². The Balaban J connectivity index is 2.32. The molecule has 0 spiro atoms. The van der Waals surface area contributed by atoms with E-state index in [9.17, 15) is 4.79 Å². The van der Waals surface area contributed by atoms with Crippen molar-refractivity contribution in [1.29, 1.82) is 0 Å². The smallest absolute Gasteiger partial charge is 0.335 e. The van der Waals surface area contributed by atoms with Crippen molar-refractivity contribution < 1.29 is 14.3 Å². The van der Waals surface area contributed by atoms with E-state index in [2.05, 4.69) is 18.8 Å². The molecule has 1 rings (SSSR count). The summed E-state index contributed by atoms with van der Waals surface area (Å²) in [5.74, 6) is 0.264. The Bertz CT molecular complexity index is 415. The average molecular weight is 285 g/mol. The van der Waals surface area contributed by atoms with Crippen LogP contribution in [-0.4, -0.2) is 23.7 Å². The molecular formula is C14H23NO3S. The normalized spacial score (nSPS) is 12.7. The molecule has 0 unspecified atom stereocenters. The number of hydrogen-bond acceptors (Lipinski definition) is 5. The highest BCUT2D eigenvalue weighted by Gasteiger charge is 2.16. The van der Waals surface area contributed by atoms with E-state index in [1.165, 1.54) is 0 Å². The van der Waals surface area contributed by atoms with Gasteiger partial charge in [-0.25, -0.2) is 9.78 Å². The Labute approximate surface area is 119 Å². The fourth-order valence-corrected chi connectivity index (χ4v) is 2.36. The van der Waals surface area contributed by atoms with Gasteiger partial charge in [-0.15, -0.1) is 11.3 Å². The van der Waals surface area contributed by atoms with E-state index in [1.54, 1.807) is 18.3 Å². The number of thiazole rings is 1. The fraction of sp³-hybridized carbons (Fsp3) is 0.714. The number of nitrogens with zero attached hydrogens (tertiary/aromatic N) is 1. The summed E-state index contributed by atoms with van der Waals surface area (Å²) < 4.78 is 10.7. The standard InChI is InChI=1S/C14H23NO3S/c1-9(2)6-7-17-11(4)14(16)18-8-13-10(3)15-12(5)19-13/h9,11H,6-8H2,1-5H3/t11-/m1/s1. The maximum absolute atomic E-state index is 11.7. The van der Waals surface area contributed by atoms with Gasteiger partial charge in [0.1, 0.15) is 6.61 Å². The first-order valence-electron chi connectivity index (χ1n) is 6.61. The largest absolute Gasteiger partial charge is 0.458 e. The van der Waals surface area contributed by atoms with Crippen molar-refractivity contribution in [2.45, 2.75) is 53.8 Å². The van der Waals surface area contributed by atoms with Crippen molar-refractivity contribution in [2.24, 2.45) is 5.92 Å². The summed E-state index contributed by atoms with van der Waals surface area (Å²) in [5.41, 5.74) is 0.934. The zero-order chi connectivity index (χ0) is 14.4. The van der Waals surface area contributed by atoms with Crippen LogP contribution in [0.5, 0.6) is 0 Å². The highest BCUT2D eigenvalue weighted by molar-refractivity contribution is 7.11. The van der Waals surface area contributed by atoms with Crippen molar-refractivity contribution in [3.63, 3.8) is 0 Å². The van der Waals surface area contributed by atoms with E-state index in [4.69, 9.17) is 9.47 Å². The third kappa shape index (κ3) is 5.70. The topological polar surface area (TPSA) is 48.4 Å². The van der Waals surface area contributed by atoms with Crippen LogP contribution < -0.4 is 0 Å². The number of esters is 1. The zero-order valence-corrected chi connectivity index (χ0v) is 13.2. The molecule has 0 saturated carbocycles. The summed E-state index contributed by atoms with van der Waals surface area (Å²) in [6.45, 7) is 10.7. The van der Waals surface area contributed by atoms with Gasteiger partial charge in [-0.05, 0) is 33.1 Å². The van der Waals surface area contributed by atoms with Gasteiger partial charge in [0, 0.05) is 6.61 Å². The molecule has 0 aliphatic carbocycles. The van der Waals surface area contributed by atoms with Crippen LogP contribution in [0.3, 0.4) is 0 Å². The Morgan fingerprint density at radius 2 is 2.00 bits per heavy atom. The number of carbonyl (C=O) groups is 1. The number of ether oxygens (including phenoxy) is 2. The summed E-state index contributed by atoms with van der Waals surface area (Å²) in [4.78, 5) is 17.0. The predicted molar refractivity (Wildman–Crippen MR) is 76.3 cm³/mol. The summed E-state index contributed by atoms with van der Waals surface area (Å²) in [6.07, 6.45) is 0.443. The first-order chi connectivity index (χ1) is 8.90. The lowest BCUT2D eigenvalue weighted by Gasteiger charge is -2.13. The van der Waals surface area contributed by atoms with E-state index in [0.29, 0.717) is 12.5 Å². The fourth-order valence-electron chi connectivity index (χ4n) is 1.51. The van der Waals surface area contributed by atoms with Crippen LogP contribution in [0.4, 0.5) is 0 Å². The molecule has 1 aromatic rings. The lowest BCUT2D eigenvalue weighted by molar-refractivity contribution is -0.157. The van der Waals surface area contributed by atoms with Gasteiger partial charge in [-0.1, -0.05) is 13.8 Å². The number of aryl methyl sites for hydroxylation is 2. The Hall–Kier alpha value is -0.940. The first kappa shape index (κ1) is 16.1. The van der Waals surface area contributed by atoms with Crippen LogP contribution in [0, 0.1) is 19.8 Å². The molecule has 1 heterocycles. The van der Waals surface area contributed by atoms with Gasteiger partial charge in [0.25, 0.3) is 0 Å². The highest BCUT2D eigenvalue weighted by Crippen LogP contribution is 2.18. The number of hydrogen-bond donors (Lipinski definition) is 0. The van der Waals surface area contributed by atoms with Gasteiger partial charge in [0.15, 0.2) is 6.10 Å². The van der Waals surface area contributed by atoms with Crippen molar-refractivity contribution in [2.75, 3.05) is 6.61 Å². The molecule has 0 fully saturated rings. The van der Waals surface area contributed by atoms with E-state index < -0.39 is 6.10 Å². The van der Waals surface area contributed by atoms with Crippen LogP contribution in [0.25, 0.3) is 0 Å². The molecule has 4 nitrogen and oxygen atoms in total. The molecule has 108 valence electrons. The summed E-state index contributed by atoms with van der Waals surface area (Å²) in [7, 11) is 0. The second-order valence-electron chi connectivity index (χ2n) is 5.04. The van der Waals surface area contributed by atoms with E-state index in [-0.39, 0.29) is 12.6 Å². The molecule has 0 amide bonds. The quantitative estimate of drug-likeness (QED) is 0.722. The Kier molecular flexibility index (Phi) is 6.45. The highest BCUT2D eigenvalue weighted by atomic mass is 32.1. The molecule has 1 atom stereocenters. The van der Waals surface area contributed by atoms with Crippen LogP contribution in [0.1, 0.15) is 42.8 Å². The minimum Gasteiger partial charge on any atom is -0.458 e. The molecular weight excluding hydrogens is 262 g/mol. The van der Waals surface area contributed by atoms with Gasteiger partial charge in [-0.3, -0.25) is 0 Å². The molecule has 19 heavy (non-hydrogen) atoms. The molecule has 0 aliphatic rings. The number of rotatable bonds is 7. The molecule has 5 heteroatoms. The maximum atomic E-state index is 11.7. The van der Waals surface area contributed by atoms with Gasteiger partial charge in [0.05, 0.1) is 15.6 Å². The first-order valence-corrected chi connectivity index (χ1v) is 7.43. The monoisotopic (exact) mass is 285 g/mol. The SMILES string of the molecule is Cc1nc(C)c(COC(=O)[C@@H](C)OCCC(C)C)s1. The maximum Gasteiger partial charge on any atom is 0.335 e. The summed E-state index contributed by atoms with van der Waals surface area (Å²) in [5, 5.41) is 0.991. The van der Waals surface area contributed by atoms with Crippen molar-refractivity contribution >= 4 is 17.3 Å². The van der Waals surface area contributed by atoms with Crippen LogP contribution in [-0.2, 0) is 20.9 Å². The van der Waals surface area contributed by atoms with Crippen molar-refractivity contribution in [1.82, 2.24) is 4.98 Å². The van der Waals surface area contributed by atoms with Gasteiger partial charge >= 0.3 is 5.97 Å². The number of aromatic nitrogens is 1. The molecule has 0 N–H and O–H groups in total. The lowest BCUT2D eigenvalue weighted by Crippen LogP contribution is -2.24. The second-order valence-corrected chi connectivity index (χ2v) is 6.33. The lowest BCUT2D eigenvalue weighted by atomic mass is 10.1. The van der Waals surface area contributed by atoms with Gasteiger partial charge in [0.2, 0.25) is 0 Å². The molecule has 0 aromatic carbocycles. The van der Waals surface area contributed by atoms with Crippen molar-refractivity contribution in [3.05, 3.63) is 15.6 Å². The summed E-state index contributed by atoms with van der Waals surface area (Å²) >= 11 is 1.56. The minimum atomic E-state index is -0.506. The Morgan fingerprint density at radius 3 is 2.53 bits per heavy atom. The van der Waals surface area contributed by atoms with E-state index >= 15 is 0 Å². The second kappa shape index (κ2) is 7.60. The minimum absolute atomic E-state index is 0.286. The van der Waals surface area contributed by atoms with Crippen LogP contribution in [0.15, 0.2) is 0 Å². The van der Waals surface area contributed by atoms with Crippen LogP contribution >= 0.6 is 11.3 Å². The van der Waals surface area contributed by atoms with E-state index in [0.717, 1.165) is 22.0 Å². The molecule has 0 aliphatic heterocycles. The predicted octanol–water partition coefficient (Wildman–Crippen LogP) is 3.25. The molecule has 0 bridgehead atoms. The van der Waals surface area contributed by atoms with Crippen LogP contribution in [0.2, 0.25) is 0 Å². The molecule has 0 radical (unpaired) electrons. The Morgan fingerprint density at radius 1 is 1.32 bits per heavy atom. The number of carbonyl (C=O) groups excluding carboxylic acids is 1. The van der Waals surface area contributed by atoms with Gasteiger partial charge in [-0.2, -0.15) is 0 Å². The summed E-state index contributed by atoms with van der Waals surface area (Å²) in [6, 6.07) is 0. The van der Waals surface area contributed by atoms with Crippen molar-refractivity contribution in [3.8, 4) is 0 Å². The molecule has 0 saturated heterocycles. The molecule has 1 aromatic heterocycles. The zero-order valence-electron chi connectivity index (χ0n) is 12.4. The third-order valence-corrected chi connectivity index (χ3v) is 3.79. The van der Waals surface area contributed by atoms with E-state index in [1.807, 2.05) is 13.8 Å². The third-order valence-electron chi connectivity index (χ3n) is 2.74. The average Bonchev–Trinajstić information content (AvgIpc) is 2.64.